The first-order valence-electron chi connectivity index (χ1n) is 6.75. The number of hydrogen-bond donors (Lipinski definition) is 1. The maximum atomic E-state index is 5.37. The van der Waals surface area contributed by atoms with Crippen molar-refractivity contribution in [1.29, 1.82) is 0 Å². The number of hydrogen-bond acceptors (Lipinski definition) is 3. The Kier molecular flexibility index (Phi) is 7.01. The van der Waals surface area contributed by atoms with Crippen molar-refractivity contribution in [2.24, 2.45) is 0 Å². The molecule has 1 aliphatic rings. The summed E-state index contributed by atoms with van der Waals surface area (Å²) in [7, 11) is 2.19. The highest BCUT2D eigenvalue weighted by Gasteiger charge is 2.19. The van der Waals surface area contributed by atoms with E-state index in [1.165, 1.54) is 32.2 Å². The van der Waals surface area contributed by atoms with Gasteiger partial charge in [0.15, 0.2) is 0 Å². The predicted octanol–water partition coefficient (Wildman–Crippen LogP) is 1.88. The van der Waals surface area contributed by atoms with Crippen LogP contribution in [0.3, 0.4) is 0 Å². The summed E-state index contributed by atoms with van der Waals surface area (Å²) in [5.74, 6) is 0. The molecule has 16 heavy (non-hydrogen) atoms. The van der Waals surface area contributed by atoms with Crippen molar-refractivity contribution in [1.82, 2.24) is 10.2 Å². The molecule has 1 atom stereocenters. The van der Waals surface area contributed by atoms with Crippen molar-refractivity contribution in [3.63, 3.8) is 0 Å². The lowest BCUT2D eigenvalue weighted by atomic mass is 10.1. The van der Waals surface area contributed by atoms with Gasteiger partial charge in [-0.15, -0.1) is 0 Å². The summed E-state index contributed by atoms with van der Waals surface area (Å²) in [6.07, 6.45) is 5.35. The lowest BCUT2D eigenvalue weighted by Crippen LogP contribution is -2.33. The lowest BCUT2D eigenvalue weighted by molar-refractivity contribution is 0.108. The van der Waals surface area contributed by atoms with Crippen molar-refractivity contribution in [3.05, 3.63) is 0 Å². The van der Waals surface area contributed by atoms with Gasteiger partial charge in [0.05, 0.1) is 6.61 Å². The monoisotopic (exact) mass is 228 g/mol. The van der Waals surface area contributed by atoms with Crippen LogP contribution in [0.1, 0.15) is 39.5 Å². The van der Waals surface area contributed by atoms with E-state index >= 15 is 0 Å². The largest absolute Gasteiger partial charge is 0.380 e. The Morgan fingerprint density at radius 2 is 2.19 bits per heavy atom. The fourth-order valence-electron chi connectivity index (χ4n) is 1.78. The third-order valence-corrected chi connectivity index (χ3v) is 3.35. The van der Waals surface area contributed by atoms with E-state index in [0.717, 1.165) is 25.8 Å². The molecule has 1 saturated carbocycles. The number of nitrogens with zero attached hydrogens (tertiary/aromatic N) is 1. The standard InChI is InChI=1S/C13H28N2O/c1-4-16-11-10-15(3)12(2)6-5-9-14-13-7-8-13/h12-14H,4-11H2,1-3H3. The summed E-state index contributed by atoms with van der Waals surface area (Å²) in [5, 5.41) is 3.56. The van der Waals surface area contributed by atoms with Crippen LogP contribution >= 0.6 is 0 Å². The maximum Gasteiger partial charge on any atom is 0.0593 e. The molecule has 1 aliphatic carbocycles. The van der Waals surface area contributed by atoms with E-state index in [9.17, 15) is 0 Å². The van der Waals surface area contributed by atoms with Gasteiger partial charge in [0.1, 0.15) is 0 Å². The Hall–Kier alpha value is -0.120. The molecule has 0 heterocycles. The second-order valence-corrected chi connectivity index (χ2v) is 4.90. The fourth-order valence-corrected chi connectivity index (χ4v) is 1.78. The molecule has 0 aromatic carbocycles. The molecule has 3 nitrogen and oxygen atoms in total. The minimum atomic E-state index is 0.668. The maximum absolute atomic E-state index is 5.37. The summed E-state index contributed by atoms with van der Waals surface area (Å²) in [5.41, 5.74) is 0. The van der Waals surface area contributed by atoms with Crippen LogP contribution < -0.4 is 5.32 Å². The van der Waals surface area contributed by atoms with Crippen LogP contribution in [0.15, 0.2) is 0 Å². The number of ether oxygens (including phenoxy) is 1. The Morgan fingerprint density at radius 3 is 2.81 bits per heavy atom. The molecular weight excluding hydrogens is 200 g/mol. The molecule has 0 radical (unpaired) electrons. The van der Waals surface area contributed by atoms with E-state index in [2.05, 4.69) is 24.2 Å². The van der Waals surface area contributed by atoms with Crippen molar-refractivity contribution in [2.45, 2.75) is 51.6 Å². The lowest BCUT2D eigenvalue weighted by Gasteiger charge is -2.24. The molecular formula is C13H28N2O. The van der Waals surface area contributed by atoms with Crippen molar-refractivity contribution < 1.29 is 4.74 Å². The Balaban J connectivity index is 1.92. The van der Waals surface area contributed by atoms with Gasteiger partial charge in [-0.3, -0.25) is 0 Å². The minimum absolute atomic E-state index is 0.668. The third-order valence-electron chi connectivity index (χ3n) is 3.35. The van der Waals surface area contributed by atoms with Crippen LogP contribution in [-0.4, -0.2) is 50.3 Å². The Morgan fingerprint density at radius 1 is 1.44 bits per heavy atom. The van der Waals surface area contributed by atoms with Crippen LogP contribution in [0.2, 0.25) is 0 Å². The number of likely N-dealkylation sites (N-methyl/N-ethyl adjacent to an activating group) is 1. The first kappa shape index (κ1) is 13.9. The molecule has 0 spiro atoms. The molecule has 0 aromatic rings. The highest BCUT2D eigenvalue weighted by atomic mass is 16.5. The van der Waals surface area contributed by atoms with Gasteiger partial charge in [0, 0.05) is 25.2 Å². The molecule has 0 aliphatic heterocycles. The normalized spacial score (nSPS) is 18.0. The second kappa shape index (κ2) is 8.04. The Bertz CT molecular complexity index is 171. The summed E-state index contributed by atoms with van der Waals surface area (Å²) in [6.45, 7) is 8.28. The molecule has 1 N–H and O–H groups in total. The van der Waals surface area contributed by atoms with E-state index in [1.807, 2.05) is 6.92 Å². The topological polar surface area (TPSA) is 24.5 Å². The molecule has 0 bridgehead atoms. The molecule has 0 saturated heterocycles. The zero-order valence-corrected chi connectivity index (χ0v) is 11.2. The average Bonchev–Trinajstić information content (AvgIpc) is 3.08. The fraction of sp³-hybridized carbons (Fsp3) is 1.00. The van der Waals surface area contributed by atoms with E-state index in [-0.39, 0.29) is 0 Å². The SMILES string of the molecule is CCOCCN(C)C(C)CCCNC1CC1. The van der Waals surface area contributed by atoms with E-state index in [4.69, 9.17) is 4.74 Å². The van der Waals surface area contributed by atoms with Gasteiger partial charge in [0.25, 0.3) is 0 Å². The van der Waals surface area contributed by atoms with Gasteiger partial charge >= 0.3 is 0 Å². The van der Waals surface area contributed by atoms with Gasteiger partial charge in [-0.2, -0.15) is 0 Å². The molecule has 1 unspecified atom stereocenters. The predicted molar refractivity (Wildman–Crippen MR) is 68.8 cm³/mol. The summed E-state index contributed by atoms with van der Waals surface area (Å²) in [6, 6.07) is 1.52. The average molecular weight is 228 g/mol. The van der Waals surface area contributed by atoms with Crippen LogP contribution in [0.25, 0.3) is 0 Å². The third kappa shape index (κ3) is 6.46. The first-order valence-corrected chi connectivity index (χ1v) is 6.75. The highest BCUT2D eigenvalue weighted by molar-refractivity contribution is 4.80. The highest BCUT2D eigenvalue weighted by Crippen LogP contribution is 2.18. The van der Waals surface area contributed by atoms with Crippen LogP contribution in [0, 0.1) is 0 Å². The summed E-state index contributed by atoms with van der Waals surface area (Å²) < 4.78 is 5.37. The van der Waals surface area contributed by atoms with Crippen LogP contribution in [-0.2, 0) is 4.74 Å². The van der Waals surface area contributed by atoms with Crippen LogP contribution in [0.4, 0.5) is 0 Å². The van der Waals surface area contributed by atoms with Gasteiger partial charge in [-0.1, -0.05) is 0 Å². The van der Waals surface area contributed by atoms with Crippen molar-refractivity contribution in [3.8, 4) is 0 Å². The van der Waals surface area contributed by atoms with Gasteiger partial charge in [0.2, 0.25) is 0 Å². The van der Waals surface area contributed by atoms with E-state index < -0.39 is 0 Å². The zero-order valence-electron chi connectivity index (χ0n) is 11.2. The van der Waals surface area contributed by atoms with Crippen molar-refractivity contribution in [2.75, 3.05) is 33.4 Å². The number of rotatable bonds is 10. The van der Waals surface area contributed by atoms with E-state index in [1.54, 1.807) is 0 Å². The molecule has 0 aromatic heterocycles. The second-order valence-electron chi connectivity index (χ2n) is 4.90. The molecule has 1 rings (SSSR count). The Labute approximate surface area is 101 Å². The smallest absolute Gasteiger partial charge is 0.0593 e. The molecule has 0 amide bonds. The quantitative estimate of drug-likeness (QED) is 0.578. The van der Waals surface area contributed by atoms with E-state index in [0.29, 0.717) is 6.04 Å². The first-order chi connectivity index (χ1) is 7.74. The van der Waals surface area contributed by atoms with Crippen LogP contribution in [0.5, 0.6) is 0 Å². The minimum Gasteiger partial charge on any atom is -0.380 e. The molecule has 96 valence electrons. The number of nitrogens with one attached hydrogen (secondary N) is 1. The van der Waals surface area contributed by atoms with Crippen molar-refractivity contribution >= 4 is 0 Å². The van der Waals surface area contributed by atoms with Gasteiger partial charge in [-0.05, 0) is 53.1 Å². The van der Waals surface area contributed by atoms with Gasteiger partial charge in [-0.25, -0.2) is 0 Å². The zero-order chi connectivity index (χ0) is 11.8. The summed E-state index contributed by atoms with van der Waals surface area (Å²) >= 11 is 0. The molecule has 3 heteroatoms. The molecule has 1 fully saturated rings. The summed E-state index contributed by atoms with van der Waals surface area (Å²) in [4.78, 5) is 2.40. The van der Waals surface area contributed by atoms with Gasteiger partial charge < -0.3 is 15.0 Å².